The van der Waals surface area contributed by atoms with E-state index in [-0.39, 0.29) is 0 Å². The zero-order chi connectivity index (χ0) is 14.2. The molecule has 20 heavy (non-hydrogen) atoms. The molecule has 4 heteroatoms. The standard InChI is InChI=1S/C16H31N3O/c1-13-8-19(9-14(2)18(13)3)11-16(6-7-20-12-16)10-17-15-4-5-15/h13-15,17H,4-12H2,1-3H3. The zero-order valence-electron chi connectivity index (χ0n) is 13.4. The number of ether oxygens (including phenoxy) is 1. The van der Waals surface area contributed by atoms with Gasteiger partial charge in [0.05, 0.1) is 6.61 Å². The van der Waals surface area contributed by atoms with E-state index >= 15 is 0 Å². The first-order valence-corrected chi connectivity index (χ1v) is 8.33. The first-order chi connectivity index (χ1) is 9.58. The molecule has 3 fully saturated rings. The van der Waals surface area contributed by atoms with Gasteiger partial charge in [0.25, 0.3) is 0 Å². The maximum absolute atomic E-state index is 5.75. The predicted octanol–water partition coefficient (Wildman–Crippen LogP) is 1.17. The Morgan fingerprint density at radius 2 is 1.90 bits per heavy atom. The summed E-state index contributed by atoms with van der Waals surface area (Å²) in [5, 5.41) is 3.74. The monoisotopic (exact) mass is 281 g/mol. The Labute approximate surface area is 123 Å². The van der Waals surface area contributed by atoms with Gasteiger partial charge in [-0.2, -0.15) is 0 Å². The molecule has 0 radical (unpaired) electrons. The van der Waals surface area contributed by atoms with Gasteiger partial charge in [0.1, 0.15) is 0 Å². The van der Waals surface area contributed by atoms with E-state index in [2.05, 4.69) is 36.0 Å². The van der Waals surface area contributed by atoms with E-state index in [4.69, 9.17) is 4.74 Å². The van der Waals surface area contributed by atoms with Crippen LogP contribution in [0.4, 0.5) is 0 Å². The van der Waals surface area contributed by atoms with Crippen molar-refractivity contribution in [3.63, 3.8) is 0 Å². The molecule has 3 atom stereocenters. The molecular formula is C16H31N3O. The van der Waals surface area contributed by atoms with Crippen LogP contribution in [0.5, 0.6) is 0 Å². The van der Waals surface area contributed by atoms with Gasteiger partial charge >= 0.3 is 0 Å². The van der Waals surface area contributed by atoms with Crippen LogP contribution in [0, 0.1) is 5.41 Å². The molecule has 0 aromatic heterocycles. The van der Waals surface area contributed by atoms with Crippen LogP contribution in [0.25, 0.3) is 0 Å². The van der Waals surface area contributed by atoms with Gasteiger partial charge in [-0.1, -0.05) is 0 Å². The molecule has 0 aromatic carbocycles. The second kappa shape index (κ2) is 5.91. The third-order valence-electron chi connectivity index (χ3n) is 5.52. The molecule has 3 unspecified atom stereocenters. The molecule has 1 N–H and O–H groups in total. The fourth-order valence-electron chi connectivity index (χ4n) is 3.74. The van der Waals surface area contributed by atoms with Crippen LogP contribution in [0.1, 0.15) is 33.1 Å². The summed E-state index contributed by atoms with van der Waals surface area (Å²) in [6, 6.07) is 2.13. The molecule has 1 saturated carbocycles. The minimum atomic E-state index is 0.359. The average Bonchev–Trinajstić information content (AvgIpc) is 3.14. The highest BCUT2D eigenvalue weighted by Gasteiger charge is 2.39. The number of hydrogen-bond acceptors (Lipinski definition) is 4. The molecule has 0 spiro atoms. The summed E-state index contributed by atoms with van der Waals surface area (Å²) in [5.74, 6) is 0. The number of piperazine rings is 1. The highest BCUT2D eigenvalue weighted by atomic mass is 16.5. The largest absolute Gasteiger partial charge is 0.381 e. The molecule has 0 bridgehead atoms. The fourth-order valence-corrected chi connectivity index (χ4v) is 3.74. The summed E-state index contributed by atoms with van der Waals surface area (Å²) < 4.78 is 5.75. The van der Waals surface area contributed by atoms with Gasteiger partial charge in [-0.05, 0) is 40.2 Å². The summed E-state index contributed by atoms with van der Waals surface area (Å²) in [6.45, 7) is 11.3. The smallest absolute Gasteiger partial charge is 0.0547 e. The van der Waals surface area contributed by atoms with Crippen LogP contribution in [0.3, 0.4) is 0 Å². The first kappa shape index (κ1) is 14.8. The van der Waals surface area contributed by atoms with Crippen molar-refractivity contribution in [2.24, 2.45) is 5.41 Å². The van der Waals surface area contributed by atoms with Gasteiger partial charge in [-0.3, -0.25) is 9.80 Å². The topological polar surface area (TPSA) is 27.7 Å². The van der Waals surface area contributed by atoms with Crippen molar-refractivity contribution in [1.82, 2.24) is 15.1 Å². The summed E-state index contributed by atoms with van der Waals surface area (Å²) >= 11 is 0. The van der Waals surface area contributed by atoms with E-state index in [1.54, 1.807) is 0 Å². The molecule has 3 rings (SSSR count). The number of hydrogen-bond donors (Lipinski definition) is 1. The van der Waals surface area contributed by atoms with Crippen LogP contribution in [-0.2, 0) is 4.74 Å². The van der Waals surface area contributed by atoms with Crippen LogP contribution in [0.15, 0.2) is 0 Å². The van der Waals surface area contributed by atoms with Gasteiger partial charge in [-0.15, -0.1) is 0 Å². The van der Waals surface area contributed by atoms with Gasteiger partial charge in [0.2, 0.25) is 0 Å². The molecule has 2 saturated heterocycles. The van der Waals surface area contributed by atoms with E-state index in [9.17, 15) is 0 Å². The van der Waals surface area contributed by atoms with Crippen LogP contribution >= 0.6 is 0 Å². The predicted molar refractivity (Wildman–Crippen MR) is 82.0 cm³/mol. The van der Waals surface area contributed by atoms with Crippen molar-refractivity contribution >= 4 is 0 Å². The summed E-state index contributed by atoms with van der Waals surface area (Å²) in [7, 11) is 2.26. The third-order valence-corrected chi connectivity index (χ3v) is 5.52. The second-order valence-corrected chi connectivity index (χ2v) is 7.52. The Morgan fingerprint density at radius 3 is 2.45 bits per heavy atom. The van der Waals surface area contributed by atoms with E-state index < -0.39 is 0 Å². The summed E-state index contributed by atoms with van der Waals surface area (Å²) in [5.41, 5.74) is 0.359. The molecule has 2 aliphatic heterocycles. The van der Waals surface area contributed by atoms with E-state index in [0.29, 0.717) is 17.5 Å². The minimum Gasteiger partial charge on any atom is -0.381 e. The molecule has 116 valence electrons. The Morgan fingerprint density at radius 1 is 1.20 bits per heavy atom. The van der Waals surface area contributed by atoms with Crippen molar-refractivity contribution in [1.29, 1.82) is 0 Å². The number of likely N-dealkylation sites (N-methyl/N-ethyl adjacent to an activating group) is 1. The summed E-state index contributed by atoms with van der Waals surface area (Å²) in [4.78, 5) is 5.19. The average molecular weight is 281 g/mol. The van der Waals surface area contributed by atoms with Gasteiger partial charge < -0.3 is 10.1 Å². The molecule has 0 aromatic rings. The highest BCUT2D eigenvalue weighted by molar-refractivity contribution is 4.94. The second-order valence-electron chi connectivity index (χ2n) is 7.52. The molecular weight excluding hydrogens is 250 g/mol. The maximum atomic E-state index is 5.75. The lowest BCUT2D eigenvalue weighted by Gasteiger charge is -2.45. The van der Waals surface area contributed by atoms with Gasteiger partial charge in [-0.25, -0.2) is 0 Å². The maximum Gasteiger partial charge on any atom is 0.0547 e. The van der Waals surface area contributed by atoms with Gasteiger partial charge in [0, 0.05) is 56.3 Å². The Hall–Kier alpha value is -0.160. The molecule has 2 heterocycles. The fraction of sp³-hybridized carbons (Fsp3) is 1.00. The van der Waals surface area contributed by atoms with Crippen molar-refractivity contribution in [3.05, 3.63) is 0 Å². The zero-order valence-corrected chi connectivity index (χ0v) is 13.4. The Kier molecular flexibility index (Phi) is 4.37. The lowest BCUT2D eigenvalue weighted by Crippen LogP contribution is -2.58. The number of rotatable bonds is 5. The molecule has 1 aliphatic carbocycles. The van der Waals surface area contributed by atoms with Crippen molar-refractivity contribution in [2.45, 2.75) is 51.2 Å². The van der Waals surface area contributed by atoms with Crippen molar-refractivity contribution < 1.29 is 4.74 Å². The van der Waals surface area contributed by atoms with Crippen LogP contribution < -0.4 is 5.32 Å². The normalized spacial score (nSPS) is 40.4. The SMILES string of the molecule is CC1CN(CC2(CNC3CC3)CCOC2)CC(C)N1C. The van der Waals surface area contributed by atoms with E-state index in [0.717, 1.165) is 25.8 Å². The first-order valence-electron chi connectivity index (χ1n) is 8.33. The lowest BCUT2D eigenvalue weighted by atomic mass is 9.85. The highest BCUT2D eigenvalue weighted by Crippen LogP contribution is 2.32. The number of nitrogens with one attached hydrogen (secondary N) is 1. The minimum absolute atomic E-state index is 0.359. The number of nitrogens with zero attached hydrogens (tertiary/aromatic N) is 2. The third kappa shape index (κ3) is 3.35. The van der Waals surface area contributed by atoms with Crippen molar-refractivity contribution in [3.8, 4) is 0 Å². The Balaban J connectivity index is 1.58. The van der Waals surface area contributed by atoms with Crippen LogP contribution in [0.2, 0.25) is 0 Å². The Bertz CT molecular complexity index is 314. The quantitative estimate of drug-likeness (QED) is 0.819. The van der Waals surface area contributed by atoms with E-state index in [1.807, 2.05) is 0 Å². The molecule has 0 amide bonds. The molecule has 4 nitrogen and oxygen atoms in total. The van der Waals surface area contributed by atoms with E-state index in [1.165, 1.54) is 38.9 Å². The van der Waals surface area contributed by atoms with Crippen LogP contribution in [-0.4, -0.2) is 74.4 Å². The molecule has 3 aliphatic rings. The van der Waals surface area contributed by atoms with Gasteiger partial charge in [0.15, 0.2) is 0 Å². The summed E-state index contributed by atoms with van der Waals surface area (Å²) in [6.07, 6.45) is 3.97. The lowest BCUT2D eigenvalue weighted by molar-refractivity contribution is 0.0267. The van der Waals surface area contributed by atoms with Crippen molar-refractivity contribution in [2.75, 3.05) is 46.4 Å².